The van der Waals surface area contributed by atoms with Gasteiger partial charge in [-0.25, -0.2) is 0 Å². The van der Waals surface area contributed by atoms with Crippen LogP contribution in [0.3, 0.4) is 0 Å². The third-order valence-corrected chi connectivity index (χ3v) is 2.21. The molecular formula is C6H12FNO2S. The molecule has 0 rings (SSSR count). The highest BCUT2D eigenvalue weighted by molar-refractivity contribution is 7.99. The van der Waals surface area contributed by atoms with E-state index in [0.29, 0.717) is 17.9 Å². The van der Waals surface area contributed by atoms with Crippen LogP contribution in [0.1, 0.15) is 6.42 Å². The predicted molar refractivity (Wildman–Crippen MR) is 43.5 cm³/mol. The summed E-state index contributed by atoms with van der Waals surface area (Å²) in [6, 6.07) is -0.820. The number of nitrogens with two attached hydrogens (primary N) is 1. The maximum atomic E-state index is 11.5. The van der Waals surface area contributed by atoms with Gasteiger partial charge >= 0.3 is 5.97 Å². The Bertz CT molecular complexity index is 123. The second-order valence-electron chi connectivity index (χ2n) is 2.06. The minimum Gasteiger partial charge on any atom is -0.480 e. The molecule has 0 fully saturated rings. The van der Waals surface area contributed by atoms with E-state index in [9.17, 15) is 9.18 Å². The minimum atomic E-state index is -1.00. The Kier molecular flexibility index (Phi) is 6.25. The summed E-state index contributed by atoms with van der Waals surface area (Å²) < 4.78 is 11.5. The molecule has 3 N–H and O–H groups in total. The summed E-state index contributed by atoms with van der Waals surface area (Å²) >= 11 is 1.37. The highest BCUT2D eigenvalue weighted by atomic mass is 32.2. The number of thioether (sulfide) groups is 1. The van der Waals surface area contributed by atoms with Crippen molar-refractivity contribution < 1.29 is 14.3 Å². The molecule has 0 aliphatic rings. The molecule has 1 atom stereocenters. The Morgan fingerprint density at radius 1 is 1.73 bits per heavy atom. The van der Waals surface area contributed by atoms with Gasteiger partial charge < -0.3 is 10.8 Å². The van der Waals surface area contributed by atoms with Crippen molar-refractivity contribution in [3.05, 3.63) is 0 Å². The fourth-order valence-corrected chi connectivity index (χ4v) is 1.31. The number of carboxylic acids is 1. The summed E-state index contributed by atoms with van der Waals surface area (Å²) in [5.41, 5.74) is 5.18. The maximum Gasteiger partial charge on any atom is 0.321 e. The molecule has 0 spiro atoms. The van der Waals surface area contributed by atoms with Gasteiger partial charge in [0.05, 0.1) is 6.67 Å². The van der Waals surface area contributed by atoms with Gasteiger partial charge in [0.25, 0.3) is 0 Å². The first kappa shape index (κ1) is 10.7. The SMILES string of the molecule is N[C@H](CSCCCF)C(=O)O. The van der Waals surface area contributed by atoms with Gasteiger partial charge in [-0.15, -0.1) is 0 Å². The first-order valence-electron chi connectivity index (χ1n) is 3.30. The summed E-state index contributed by atoms with van der Waals surface area (Å²) in [4.78, 5) is 10.2. The van der Waals surface area contributed by atoms with Gasteiger partial charge in [-0.05, 0) is 12.2 Å². The van der Waals surface area contributed by atoms with E-state index in [2.05, 4.69) is 0 Å². The van der Waals surface area contributed by atoms with Crippen molar-refractivity contribution in [3.8, 4) is 0 Å². The Morgan fingerprint density at radius 3 is 2.82 bits per heavy atom. The number of carboxylic acid groups (broad SMARTS) is 1. The van der Waals surface area contributed by atoms with E-state index < -0.39 is 12.0 Å². The second-order valence-corrected chi connectivity index (χ2v) is 3.21. The molecule has 0 aliphatic heterocycles. The largest absolute Gasteiger partial charge is 0.480 e. The van der Waals surface area contributed by atoms with Crippen LogP contribution in [0, 0.1) is 0 Å². The fourth-order valence-electron chi connectivity index (χ4n) is 0.438. The molecule has 66 valence electrons. The van der Waals surface area contributed by atoms with Crippen LogP contribution in [-0.2, 0) is 4.79 Å². The van der Waals surface area contributed by atoms with Gasteiger partial charge in [0.2, 0.25) is 0 Å². The lowest BCUT2D eigenvalue weighted by molar-refractivity contribution is -0.137. The monoisotopic (exact) mass is 181 g/mol. The van der Waals surface area contributed by atoms with E-state index in [4.69, 9.17) is 10.8 Å². The number of carbonyl (C=O) groups is 1. The van der Waals surface area contributed by atoms with E-state index in [1.165, 1.54) is 11.8 Å². The molecule has 0 unspecified atom stereocenters. The predicted octanol–water partition coefficient (Wildman–Crippen LogP) is 0.491. The smallest absolute Gasteiger partial charge is 0.321 e. The number of hydrogen-bond donors (Lipinski definition) is 2. The lowest BCUT2D eigenvalue weighted by Gasteiger charge is -2.03. The van der Waals surface area contributed by atoms with Crippen LogP contribution < -0.4 is 5.73 Å². The summed E-state index contributed by atoms with van der Waals surface area (Å²) in [6.07, 6.45) is 0.469. The standard InChI is InChI=1S/C6H12FNO2S/c7-2-1-3-11-4-5(8)6(9)10/h5H,1-4,8H2,(H,9,10)/t5-/m1/s1. The van der Waals surface area contributed by atoms with E-state index in [0.717, 1.165) is 0 Å². The first-order chi connectivity index (χ1) is 5.18. The molecule has 0 heterocycles. The van der Waals surface area contributed by atoms with Crippen LogP contribution in [0.25, 0.3) is 0 Å². The van der Waals surface area contributed by atoms with Crippen molar-refractivity contribution in [1.29, 1.82) is 0 Å². The normalized spacial score (nSPS) is 12.9. The van der Waals surface area contributed by atoms with Crippen LogP contribution in [0.2, 0.25) is 0 Å². The van der Waals surface area contributed by atoms with Gasteiger partial charge in [0.15, 0.2) is 0 Å². The molecular weight excluding hydrogens is 169 g/mol. The van der Waals surface area contributed by atoms with Crippen LogP contribution in [0.15, 0.2) is 0 Å². The fraction of sp³-hybridized carbons (Fsp3) is 0.833. The van der Waals surface area contributed by atoms with Gasteiger partial charge in [-0.1, -0.05) is 0 Å². The van der Waals surface area contributed by atoms with Crippen molar-refractivity contribution in [2.75, 3.05) is 18.2 Å². The lowest BCUT2D eigenvalue weighted by Crippen LogP contribution is -2.32. The molecule has 0 aromatic carbocycles. The molecule has 0 amide bonds. The molecule has 0 saturated heterocycles. The zero-order valence-electron chi connectivity index (χ0n) is 6.12. The number of alkyl halides is 1. The third kappa shape index (κ3) is 6.12. The molecule has 0 saturated carbocycles. The average molecular weight is 181 g/mol. The summed E-state index contributed by atoms with van der Waals surface area (Å²) in [5, 5.41) is 8.33. The van der Waals surface area contributed by atoms with Gasteiger partial charge in [0.1, 0.15) is 6.04 Å². The van der Waals surface area contributed by atoms with Crippen molar-refractivity contribution in [1.82, 2.24) is 0 Å². The highest BCUT2D eigenvalue weighted by Crippen LogP contribution is 2.03. The maximum absolute atomic E-state index is 11.5. The number of hydrogen-bond acceptors (Lipinski definition) is 3. The molecule has 0 aromatic rings. The minimum absolute atomic E-state index is 0.352. The zero-order chi connectivity index (χ0) is 8.69. The van der Waals surface area contributed by atoms with E-state index >= 15 is 0 Å². The number of aliphatic carboxylic acids is 1. The Hall–Kier alpha value is -0.290. The third-order valence-electron chi connectivity index (χ3n) is 1.04. The van der Waals surface area contributed by atoms with Crippen LogP contribution in [0.5, 0.6) is 0 Å². The Labute approximate surface area is 69.1 Å². The summed E-state index contributed by atoms with van der Waals surface area (Å²) in [5.74, 6) is -0.00921. The Balaban J connectivity index is 3.17. The summed E-state index contributed by atoms with van der Waals surface area (Å²) in [7, 11) is 0. The average Bonchev–Trinajstić information content (AvgIpc) is 1.97. The zero-order valence-corrected chi connectivity index (χ0v) is 6.94. The highest BCUT2D eigenvalue weighted by Gasteiger charge is 2.09. The quantitative estimate of drug-likeness (QED) is 0.585. The number of halogens is 1. The summed E-state index contributed by atoms with van der Waals surface area (Å²) in [6.45, 7) is -0.352. The second kappa shape index (κ2) is 6.42. The molecule has 0 aliphatic carbocycles. The van der Waals surface area contributed by atoms with Crippen molar-refractivity contribution in [2.45, 2.75) is 12.5 Å². The van der Waals surface area contributed by atoms with E-state index in [-0.39, 0.29) is 6.67 Å². The molecule has 5 heteroatoms. The van der Waals surface area contributed by atoms with Crippen LogP contribution in [0.4, 0.5) is 4.39 Å². The number of rotatable bonds is 6. The van der Waals surface area contributed by atoms with Crippen molar-refractivity contribution in [3.63, 3.8) is 0 Å². The van der Waals surface area contributed by atoms with E-state index in [1.54, 1.807) is 0 Å². The molecule has 0 radical (unpaired) electrons. The first-order valence-corrected chi connectivity index (χ1v) is 4.46. The van der Waals surface area contributed by atoms with E-state index in [1.807, 2.05) is 0 Å². The van der Waals surface area contributed by atoms with Gasteiger partial charge in [-0.2, -0.15) is 11.8 Å². The van der Waals surface area contributed by atoms with Crippen LogP contribution in [-0.4, -0.2) is 35.3 Å². The topological polar surface area (TPSA) is 63.3 Å². The Morgan fingerprint density at radius 2 is 2.36 bits per heavy atom. The molecule has 0 aromatic heterocycles. The molecule has 11 heavy (non-hydrogen) atoms. The van der Waals surface area contributed by atoms with Gasteiger partial charge in [-0.3, -0.25) is 9.18 Å². The van der Waals surface area contributed by atoms with Crippen molar-refractivity contribution in [2.24, 2.45) is 5.73 Å². The molecule has 0 bridgehead atoms. The van der Waals surface area contributed by atoms with Crippen molar-refractivity contribution >= 4 is 17.7 Å². The lowest BCUT2D eigenvalue weighted by atomic mass is 10.4. The molecule has 3 nitrogen and oxygen atoms in total. The van der Waals surface area contributed by atoms with Gasteiger partial charge in [0, 0.05) is 5.75 Å². The van der Waals surface area contributed by atoms with Crippen LogP contribution >= 0.6 is 11.8 Å².